The molecule has 0 amide bonds. The fourth-order valence-electron chi connectivity index (χ4n) is 1.51. The molecule has 0 radical (unpaired) electrons. The van der Waals surface area contributed by atoms with Gasteiger partial charge in [-0.1, -0.05) is 15.9 Å². The molecule has 3 aromatic rings. The van der Waals surface area contributed by atoms with Crippen molar-refractivity contribution < 1.29 is 4.42 Å². The fraction of sp³-hybridized carbons (Fsp3) is 0. The summed E-state index contributed by atoms with van der Waals surface area (Å²) in [6, 6.07) is 5.90. The minimum absolute atomic E-state index is 0.771. The molecule has 0 saturated heterocycles. The van der Waals surface area contributed by atoms with Crippen molar-refractivity contribution in [3.63, 3.8) is 0 Å². The van der Waals surface area contributed by atoms with E-state index >= 15 is 0 Å². The van der Waals surface area contributed by atoms with E-state index in [9.17, 15) is 0 Å². The number of nitrogens with zero attached hydrogens (tertiary/aromatic N) is 2. The van der Waals surface area contributed by atoms with Gasteiger partial charge in [-0.05, 0) is 18.2 Å². The minimum Gasteiger partial charge on any atom is -0.454 e. The molecule has 0 spiro atoms. The number of aromatic nitrogens is 2. The molecule has 3 rings (SSSR count). The molecule has 0 saturated carbocycles. The Morgan fingerprint density at radius 1 is 1.00 bits per heavy atom. The van der Waals surface area contributed by atoms with Gasteiger partial charge in [-0.2, -0.15) is 10.2 Å². The molecule has 0 atom stereocenters. The van der Waals surface area contributed by atoms with E-state index in [1.165, 1.54) is 0 Å². The molecule has 68 valence electrons. The molecular formula is C10H5BrN2O. The van der Waals surface area contributed by atoms with E-state index in [2.05, 4.69) is 26.1 Å². The molecule has 0 aliphatic heterocycles. The van der Waals surface area contributed by atoms with E-state index in [0.717, 1.165) is 26.4 Å². The number of hydrogen-bond acceptors (Lipinski definition) is 3. The van der Waals surface area contributed by atoms with Gasteiger partial charge in [-0.15, -0.1) is 0 Å². The predicted molar refractivity (Wildman–Crippen MR) is 57.0 cm³/mol. The zero-order chi connectivity index (χ0) is 9.54. The Morgan fingerprint density at radius 3 is 2.79 bits per heavy atom. The van der Waals surface area contributed by atoms with Crippen LogP contribution in [-0.2, 0) is 0 Å². The van der Waals surface area contributed by atoms with E-state index < -0.39 is 0 Å². The predicted octanol–water partition coefficient (Wildman–Crippen LogP) is 3.14. The lowest BCUT2D eigenvalue weighted by Crippen LogP contribution is -1.75. The highest BCUT2D eigenvalue weighted by Gasteiger charge is 2.06. The van der Waals surface area contributed by atoms with E-state index in [0.29, 0.717) is 0 Å². The number of benzene rings is 1. The topological polar surface area (TPSA) is 38.9 Å². The molecule has 4 heteroatoms. The average molecular weight is 249 g/mol. The third-order valence-corrected chi connectivity index (χ3v) is 2.64. The Bertz CT molecular complexity index is 618. The molecule has 14 heavy (non-hydrogen) atoms. The molecule has 0 aliphatic rings. The zero-order valence-electron chi connectivity index (χ0n) is 7.07. The summed E-state index contributed by atoms with van der Waals surface area (Å²) in [6.07, 6.45) is 3.34. The van der Waals surface area contributed by atoms with Crippen LogP contribution in [0.2, 0.25) is 0 Å². The van der Waals surface area contributed by atoms with Crippen LogP contribution in [0.3, 0.4) is 0 Å². The maximum absolute atomic E-state index is 5.58. The SMILES string of the molecule is Brc1ccc2oc3cnncc3c2c1. The van der Waals surface area contributed by atoms with Gasteiger partial charge in [0.15, 0.2) is 5.58 Å². The summed E-state index contributed by atoms with van der Waals surface area (Å²) >= 11 is 3.43. The van der Waals surface area contributed by atoms with Crippen LogP contribution < -0.4 is 0 Å². The van der Waals surface area contributed by atoms with Gasteiger partial charge in [0.1, 0.15) is 5.58 Å². The van der Waals surface area contributed by atoms with Crippen molar-refractivity contribution in [2.75, 3.05) is 0 Å². The maximum atomic E-state index is 5.58. The van der Waals surface area contributed by atoms with Crippen LogP contribution in [0.4, 0.5) is 0 Å². The number of halogens is 1. The lowest BCUT2D eigenvalue weighted by molar-refractivity contribution is 0.665. The van der Waals surface area contributed by atoms with Crippen LogP contribution in [0.25, 0.3) is 21.9 Å². The lowest BCUT2D eigenvalue weighted by atomic mass is 10.2. The molecule has 0 bridgehead atoms. The second-order valence-corrected chi connectivity index (χ2v) is 3.93. The van der Waals surface area contributed by atoms with E-state index in [1.54, 1.807) is 12.4 Å². The molecule has 2 heterocycles. The minimum atomic E-state index is 0.771. The highest BCUT2D eigenvalue weighted by atomic mass is 79.9. The highest BCUT2D eigenvalue weighted by Crippen LogP contribution is 2.29. The normalized spacial score (nSPS) is 11.2. The maximum Gasteiger partial charge on any atom is 0.157 e. The van der Waals surface area contributed by atoms with Gasteiger partial charge in [0.2, 0.25) is 0 Å². The first-order chi connectivity index (χ1) is 6.84. The number of fused-ring (bicyclic) bond motifs is 3. The summed E-state index contributed by atoms with van der Waals surface area (Å²) in [7, 11) is 0. The van der Waals surface area contributed by atoms with Crippen molar-refractivity contribution in [1.29, 1.82) is 0 Å². The van der Waals surface area contributed by atoms with Crippen molar-refractivity contribution in [3.05, 3.63) is 35.1 Å². The van der Waals surface area contributed by atoms with E-state index in [1.807, 2.05) is 18.2 Å². The number of rotatable bonds is 0. The largest absolute Gasteiger partial charge is 0.454 e. The quantitative estimate of drug-likeness (QED) is 0.614. The summed E-state index contributed by atoms with van der Waals surface area (Å²) in [4.78, 5) is 0. The van der Waals surface area contributed by atoms with Crippen LogP contribution in [0.15, 0.2) is 39.5 Å². The molecule has 0 N–H and O–H groups in total. The Morgan fingerprint density at radius 2 is 1.86 bits per heavy atom. The smallest absolute Gasteiger partial charge is 0.157 e. The van der Waals surface area contributed by atoms with Gasteiger partial charge in [0, 0.05) is 9.86 Å². The second-order valence-electron chi connectivity index (χ2n) is 3.01. The van der Waals surface area contributed by atoms with Crippen LogP contribution in [0.1, 0.15) is 0 Å². The standard InChI is InChI=1S/C10H5BrN2O/c11-6-1-2-9-7(3-6)8-4-12-13-5-10(8)14-9/h1-5H. The second kappa shape index (κ2) is 2.78. The molecule has 2 aromatic heterocycles. The van der Waals surface area contributed by atoms with Crippen LogP contribution in [0.5, 0.6) is 0 Å². The van der Waals surface area contributed by atoms with Crippen LogP contribution >= 0.6 is 15.9 Å². The monoisotopic (exact) mass is 248 g/mol. The first kappa shape index (κ1) is 7.94. The fourth-order valence-corrected chi connectivity index (χ4v) is 1.87. The van der Waals surface area contributed by atoms with Gasteiger partial charge in [0.25, 0.3) is 0 Å². The summed E-state index contributed by atoms with van der Waals surface area (Å²) in [5, 5.41) is 9.67. The third kappa shape index (κ3) is 1.04. The summed E-state index contributed by atoms with van der Waals surface area (Å²) in [5.74, 6) is 0. The number of hydrogen-bond donors (Lipinski definition) is 0. The first-order valence-corrected chi connectivity index (χ1v) is 4.92. The Kier molecular flexibility index (Phi) is 1.58. The molecule has 1 aromatic carbocycles. The zero-order valence-corrected chi connectivity index (χ0v) is 8.65. The first-order valence-electron chi connectivity index (χ1n) is 4.13. The number of furan rings is 1. The average Bonchev–Trinajstić information content (AvgIpc) is 2.56. The lowest BCUT2D eigenvalue weighted by Gasteiger charge is -1.89. The van der Waals surface area contributed by atoms with Gasteiger partial charge in [0.05, 0.1) is 17.8 Å². The molecule has 0 fully saturated rings. The summed E-state index contributed by atoms with van der Waals surface area (Å²) in [5.41, 5.74) is 1.63. The van der Waals surface area contributed by atoms with E-state index in [-0.39, 0.29) is 0 Å². The molecule has 0 aliphatic carbocycles. The van der Waals surface area contributed by atoms with Crippen LogP contribution in [-0.4, -0.2) is 10.2 Å². The Balaban J connectivity index is 2.58. The summed E-state index contributed by atoms with van der Waals surface area (Å²) in [6.45, 7) is 0. The van der Waals surface area contributed by atoms with Crippen molar-refractivity contribution in [1.82, 2.24) is 10.2 Å². The van der Waals surface area contributed by atoms with Crippen molar-refractivity contribution >= 4 is 37.9 Å². The van der Waals surface area contributed by atoms with Crippen molar-refractivity contribution in [2.45, 2.75) is 0 Å². The van der Waals surface area contributed by atoms with Crippen LogP contribution in [0, 0.1) is 0 Å². The van der Waals surface area contributed by atoms with Gasteiger partial charge < -0.3 is 4.42 Å². The van der Waals surface area contributed by atoms with Crippen molar-refractivity contribution in [3.8, 4) is 0 Å². The Hall–Kier alpha value is -1.42. The molecule has 0 unspecified atom stereocenters. The highest BCUT2D eigenvalue weighted by molar-refractivity contribution is 9.10. The van der Waals surface area contributed by atoms with Gasteiger partial charge in [-0.3, -0.25) is 0 Å². The summed E-state index contributed by atoms with van der Waals surface area (Å²) < 4.78 is 6.62. The third-order valence-electron chi connectivity index (χ3n) is 2.15. The molecule has 3 nitrogen and oxygen atoms in total. The van der Waals surface area contributed by atoms with Gasteiger partial charge in [-0.25, -0.2) is 0 Å². The van der Waals surface area contributed by atoms with Gasteiger partial charge >= 0.3 is 0 Å². The molecular weight excluding hydrogens is 244 g/mol. The Labute approximate surface area is 87.9 Å². The van der Waals surface area contributed by atoms with Crippen molar-refractivity contribution in [2.24, 2.45) is 0 Å². The van der Waals surface area contributed by atoms with E-state index in [4.69, 9.17) is 4.42 Å².